The normalized spacial score (nSPS) is 31.2. The van der Waals surface area contributed by atoms with E-state index in [0.29, 0.717) is 11.8 Å². The number of nitrogens with two attached hydrogens (primary N) is 1. The minimum atomic E-state index is -0.594. The second-order valence-electron chi connectivity index (χ2n) is 6.89. The average molecular weight is 319 g/mol. The predicted molar refractivity (Wildman–Crippen MR) is 85.6 cm³/mol. The third-order valence-electron chi connectivity index (χ3n) is 5.17. The maximum Gasteiger partial charge on any atom is 0.287 e. The summed E-state index contributed by atoms with van der Waals surface area (Å²) in [6.07, 6.45) is 6.87. The van der Waals surface area contributed by atoms with Gasteiger partial charge in [0.15, 0.2) is 5.76 Å². The molecule has 2 bridgehead atoms. The Hall–Kier alpha value is -1.82. The van der Waals surface area contributed by atoms with Crippen LogP contribution < -0.4 is 16.4 Å². The lowest BCUT2D eigenvalue weighted by Gasteiger charge is -2.45. The van der Waals surface area contributed by atoms with Crippen LogP contribution in [-0.2, 0) is 4.79 Å². The van der Waals surface area contributed by atoms with Crippen LogP contribution in [-0.4, -0.2) is 29.9 Å². The van der Waals surface area contributed by atoms with Gasteiger partial charge < -0.3 is 20.8 Å². The van der Waals surface area contributed by atoms with E-state index in [1.54, 1.807) is 19.1 Å². The molecule has 0 aromatic carbocycles. The molecule has 3 rings (SSSR count). The molecule has 4 N–H and O–H groups in total. The van der Waals surface area contributed by atoms with Crippen molar-refractivity contribution in [2.45, 2.75) is 57.2 Å². The van der Waals surface area contributed by atoms with Crippen molar-refractivity contribution < 1.29 is 14.0 Å². The highest BCUT2D eigenvalue weighted by molar-refractivity contribution is 5.95. The van der Waals surface area contributed by atoms with Gasteiger partial charge in [-0.25, -0.2) is 0 Å². The van der Waals surface area contributed by atoms with Gasteiger partial charge in [-0.1, -0.05) is 6.42 Å². The van der Waals surface area contributed by atoms with Crippen LogP contribution in [0, 0.1) is 11.8 Å². The van der Waals surface area contributed by atoms with Gasteiger partial charge in [-0.2, -0.15) is 0 Å². The van der Waals surface area contributed by atoms with Crippen LogP contribution in [0.2, 0.25) is 0 Å². The average Bonchev–Trinajstić information content (AvgIpc) is 3.02. The Bertz CT molecular complexity index is 543. The van der Waals surface area contributed by atoms with Crippen LogP contribution >= 0.6 is 0 Å². The summed E-state index contributed by atoms with van der Waals surface area (Å²) in [5.74, 6) is 0.639. The lowest BCUT2D eigenvalue weighted by Crippen LogP contribution is -2.57. The van der Waals surface area contributed by atoms with Gasteiger partial charge in [-0.3, -0.25) is 9.59 Å². The minimum Gasteiger partial charge on any atom is -0.459 e. The Morgan fingerprint density at radius 2 is 2.00 bits per heavy atom. The fraction of sp³-hybridized carbons (Fsp3) is 0.647. The minimum absolute atomic E-state index is 0.137. The largest absolute Gasteiger partial charge is 0.459 e. The first-order valence-corrected chi connectivity index (χ1v) is 8.45. The molecule has 2 saturated carbocycles. The molecule has 2 fully saturated rings. The van der Waals surface area contributed by atoms with Gasteiger partial charge in [-0.15, -0.1) is 0 Å². The molecule has 1 aromatic rings. The topological polar surface area (TPSA) is 97.4 Å². The highest BCUT2D eigenvalue weighted by Gasteiger charge is 2.40. The van der Waals surface area contributed by atoms with E-state index in [1.807, 2.05) is 0 Å². The van der Waals surface area contributed by atoms with E-state index < -0.39 is 6.04 Å². The summed E-state index contributed by atoms with van der Waals surface area (Å²) < 4.78 is 5.04. The molecule has 23 heavy (non-hydrogen) atoms. The standard InChI is InChI=1S/C17H25N3O3/c1-10(19-17(22)14-6-3-7-23-14)16(21)20-15-11-4-2-5-12(15)9-13(18)8-11/h3,6-7,10-13,15H,2,4-5,8-9,18H2,1H3,(H,19,22)(H,20,21). The van der Waals surface area contributed by atoms with Gasteiger partial charge in [0.2, 0.25) is 5.91 Å². The van der Waals surface area contributed by atoms with Gasteiger partial charge >= 0.3 is 0 Å². The Labute approximate surface area is 136 Å². The van der Waals surface area contributed by atoms with Crippen LogP contribution in [0.3, 0.4) is 0 Å². The summed E-state index contributed by atoms with van der Waals surface area (Å²) in [4.78, 5) is 24.4. The highest BCUT2D eigenvalue weighted by Crippen LogP contribution is 2.39. The zero-order chi connectivity index (χ0) is 16.4. The second-order valence-corrected chi connectivity index (χ2v) is 6.89. The summed E-state index contributed by atoms with van der Waals surface area (Å²) >= 11 is 0. The molecule has 0 spiro atoms. The summed E-state index contributed by atoms with van der Waals surface area (Å²) in [6, 6.07) is 3.08. The number of fused-ring (bicyclic) bond motifs is 2. The SMILES string of the molecule is CC(NC(=O)c1ccco1)C(=O)NC1C2CCCC1CC(N)C2. The first-order valence-electron chi connectivity index (χ1n) is 8.45. The van der Waals surface area contributed by atoms with Crippen LogP contribution in [0.4, 0.5) is 0 Å². The molecule has 6 heteroatoms. The third-order valence-corrected chi connectivity index (χ3v) is 5.17. The number of hydrogen-bond donors (Lipinski definition) is 3. The van der Waals surface area contributed by atoms with E-state index in [9.17, 15) is 9.59 Å². The van der Waals surface area contributed by atoms with Crippen LogP contribution in [0.25, 0.3) is 0 Å². The van der Waals surface area contributed by atoms with Crippen molar-refractivity contribution in [1.29, 1.82) is 0 Å². The van der Waals surface area contributed by atoms with Crippen molar-refractivity contribution >= 4 is 11.8 Å². The molecule has 0 aliphatic heterocycles. The van der Waals surface area contributed by atoms with Crippen molar-refractivity contribution in [2.75, 3.05) is 0 Å². The summed E-state index contributed by atoms with van der Waals surface area (Å²) in [5, 5.41) is 5.83. The Morgan fingerprint density at radius 3 is 2.61 bits per heavy atom. The second kappa shape index (κ2) is 6.74. The van der Waals surface area contributed by atoms with E-state index >= 15 is 0 Å². The fourth-order valence-corrected chi connectivity index (χ4v) is 4.06. The highest BCUT2D eigenvalue weighted by atomic mass is 16.3. The van der Waals surface area contributed by atoms with E-state index in [0.717, 1.165) is 25.7 Å². The maximum atomic E-state index is 12.4. The van der Waals surface area contributed by atoms with Crippen molar-refractivity contribution in [3.8, 4) is 0 Å². The fourth-order valence-electron chi connectivity index (χ4n) is 4.06. The molecule has 0 radical (unpaired) electrons. The molecular formula is C17H25N3O3. The van der Waals surface area contributed by atoms with E-state index in [4.69, 9.17) is 10.2 Å². The zero-order valence-electron chi connectivity index (χ0n) is 13.5. The summed E-state index contributed by atoms with van der Waals surface area (Å²) in [5.41, 5.74) is 6.12. The number of amides is 2. The molecule has 3 atom stereocenters. The van der Waals surface area contributed by atoms with Crippen molar-refractivity contribution in [3.63, 3.8) is 0 Å². The molecule has 126 valence electrons. The van der Waals surface area contributed by atoms with Crippen LogP contribution in [0.1, 0.15) is 49.6 Å². The number of hydrogen-bond acceptors (Lipinski definition) is 4. The molecule has 6 nitrogen and oxygen atoms in total. The summed E-state index contributed by atoms with van der Waals surface area (Å²) in [7, 11) is 0. The molecule has 2 aliphatic carbocycles. The van der Waals surface area contributed by atoms with Crippen molar-refractivity contribution in [3.05, 3.63) is 24.2 Å². The third kappa shape index (κ3) is 3.58. The van der Waals surface area contributed by atoms with Crippen LogP contribution in [0.15, 0.2) is 22.8 Å². The van der Waals surface area contributed by atoms with Gasteiger partial charge in [0.1, 0.15) is 6.04 Å². The Kier molecular flexibility index (Phi) is 4.71. The molecule has 1 heterocycles. The Morgan fingerprint density at radius 1 is 1.30 bits per heavy atom. The molecule has 3 unspecified atom stereocenters. The van der Waals surface area contributed by atoms with Crippen molar-refractivity contribution in [2.24, 2.45) is 17.6 Å². The maximum absolute atomic E-state index is 12.4. The summed E-state index contributed by atoms with van der Waals surface area (Å²) in [6.45, 7) is 1.69. The van der Waals surface area contributed by atoms with E-state index in [2.05, 4.69) is 10.6 Å². The molecule has 2 amide bonds. The van der Waals surface area contributed by atoms with Crippen molar-refractivity contribution in [1.82, 2.24) is 10.6 Å². The zero-order valence-corrected chi connectivity index (χ0v) is 13.5. The van der Waals surface area contributed by atoms with E-state index in [1.165, 1.54) is 12.7 Å². The van der Waals surface area contributed by atoms with Gasteiger partial charge in [0.05, 0.1) is 6.26 Å². The number of carbonyl (C=O) groups is 2. The Balaban J connectivity index is 1.57. The first-order chi connectivity index (χ1) is 11.0. The molecule has 1 aromatic heterocycles. The molecule has 0 saturated heterocycles. The van der Waals surface area contributed by atoms with Gasteiger partial charge in [-0.05, 0) is 56.6 Å². The lowest BCUT2D eigenvalue weighted by molar-refractivity contribution is -0.124. The quantitative estimate of drug-likeness (QED) is 0.782. The van der Waals surface area contributed by atoms with Crippen LogP contribution in [0.5, 0.6) is 0 Å². The number of carbonyl (C=O) groups excluding carboxylic acids is 2. The number of nitrogens with one attached hydrogen (secondary N) is 2. The number of furan rings is 1. The van der Waals surface area contributed by atoms with E-state index in [-0.39, 0.29) is 29.7 Å². The molecular weight excluding hydrogens is 294 g/mol. The lowest BCUT2D eigenvalue weighted by atomic mass is 9.67. The molecule has 2 aliphatic rings. The monoisotopic (exact) mass is 319 g/mol. The van der Waals surface area contributed by atoms with Gasteiger partial charge in [0.25, 0.3) is 5.91 Å². The smallest absolute Gasteiger partial charge is 0.287 e. The van der Waals surface area contributed by atoms with Gasteiger partial charge in [0, 0.05) is 12.1 Å². The number of rotatable bonds is 4. The first kappa shape index (κ1) is 16.1. The predicted octanol–water partition coefficient (Wildman–Crippen LogP) is 1.42.